The van der Waals surface area contributed by atoms with Crippen LogP contribution in [0.15, 0.2) is 0 Å². The van der Waals surface area contributed by atoms with E-state index in [1.54, 1.807) is 0 Å². The van der Waals surface area contributed by atoms with E-state index in [1.807, 2.05) is 11.8 Å². The molecule has 4 heteroatoms. The lowest BCUT2D eigenvalue weighted by Gasteiger charge is -2.37. The molecular weight excluding hydrogens is 280 g/mol. The van der Waals surface area contributed by atoms with Gasteiger partial charge in [-0.15, -0.1) is 0 Å². The lowest BCUT2D eigenvalue weighted by molar-refractivity contribution is -0.130. The largest absolute Gasteiger partial charge is 0.324 e. The summed E-state index contributed by atoms with van der Waals surface area (Å²) in [6, 6.07) is 0.0343. The molecule has 0 spiro atoms. The number of hydrogen-bond donors (Lipinski definition) is 1. The summed E-state index contributed by atoms with van der Waals surface area (Å²) in [6.45, 7) is 12.0. The van der Waals surface area contributed by atoms with E-state index in [0.717, 1.165) is 38.6 Å². The molecule has 1 aliphatic rings. The second-order valence-corrected chi connectivity index (χ2v) is 7.99. The highest BCUT2D eigenvalue weighted by Crippen LogP contribution is 2.34. The van der Waals surface area contributed by atoms with Gasteiger partial charge in [0.2, 0.25) is 5.91 Å². The van der Waals surface area contributed by atoms with Crippen molar-refractivity contribution in [3.05, 3.63) is 0 Å². The van der Waals surface area contributed by atoms with Crippen LogP contribution < -0.4 is 5.32 Å². The third-order valence-corrected chi connectivity index (χ3v) is 6.38. The fourth-order valence-corrected chi connectivity index (χ4v) is 4.06. The Kier molecular flexibility index (Phi) is 7.55. The van der Waals surface area contributed by atoms with Gasteiger partial charge in [0.15, 0.2) is 0 Å². The number of hydrogen-bond acceptors (Lipinski definition) is 3. The number of carbonyl (C=O) groups excluding carboxylic acids is 1. The van der Waals surface area contributed by atoms with Crippen LogP contribution in [0.2, 0.25) is 0 Å². The standard InChI is InChI=1S/C17H34N2OS/c1-7-10-14-16(20)19(15(18-14)11-13(4)5)12-17(8-2,9-3)21-6/h13-15,18H,7-12H2,1-6H3. The average Bonchev–Trinajstić information content (AvgIpc) is 2.73. The van der Waals surface area contributed by atoms with Crippen molar-refractivity contribution in [2.75, 3.05) is 12.8 Å². The van der Waals surface area contributed by atoms with Crippen LogP contribution in [0.25, 0.3) is 0 Å². The van der Waals surface area contributed by atoms with Crippen molar-refractivity contribution in [3.63, 3.8) is 0 Å². The Bertz CT molecular complexity index is 320. The van der Waals surface area contributed by atoms with E-state index >= 15 is 0 Å². The van der Waals surface area contributed by atoms with Crippen LogP contribution in [0.5, 0.6) is 0 Å². The first-order valence-corrected chi connectivity index (χ1v) is 9.77. The summed E-state index contributed by atoms with van der Waals surface area (Å²) in [5.74, 6) is 0.924. The second-order valence-electron chi connectivity index (χ2n) is 6.71. The SMILES string of the molecule is CCCC1NC(CC(C)C)N(CC(CC)(CC)SC)C1=O. The Labute approximate surface area is 135 Å². The highest BCUT2D eigenvalue weighted by Gasteiger charge is 2.41. The number of amides is 1. The van der Waals surface area contributed by atoms with Gasteiger partial charge < -0.3 is 4.90 Å². The molecule has 1 amide bonds. The van der Waals surface area contributed by atoms with Crippen LogP contribution in [-0.2, 0) is 4.79 Å². The molecule has 0 radical (unpaired) electrons. The van der Waals surface area contributed by atoms with Gasteiger partial charge in [0, 0.05) is 11.3 Å². The van der Waals surface area contributed by atoms with Gasteiger partial charge >= 0.3 is 0 Å². The Hall–Kier alpha value is -0.220. The second kappa shape index (κ2) is 8.42. The molecule has 124 valence electrons. The van der Waals surface area contributed by atoms with E-state index in [0.29, 0.717) is 11.8 Å². The van der Waals surface area contributed by atoms with Crippen molar-refractivity contribution < 1.29 is 4.79 Å². The summed E-state index contributed by atoms with van der Waals surface area (Å²) in [4.78, 5) is 14.9. The van der Waals surface area contributed by atoms with Crippen molar-refractivity contribution in [1.82, 2.24) is 10.2 Å². The Balaban J connectivity index is 2.89. The smallest absolute Gasteiger partial charge is 0.241 e. The van der Waals surface area contributed by atoms with Gasteiger partial charge in [-0.25, -0.2) is 0 Å². The highest BCUT2D eigenvalue weighted by atomic mass is 32.2. The fourth-order valence-electron chi connectivity index (χ4n) is 3.21. The molecule has 0 aromatic carbocycles. The molecule has 1 heterocycles. The van der Waals surface area contributed by atoms with Gasteiger partial charge in [-0.05, 0) is 37.9 Å². The summed E-state index contributed by atoms with van der Waals surface area (Å²) in [5, 5.41) is 3.59. The van der Waals surface area contributed by atoms with Gasteiger partial charge in [0.05, 0.1) is 12.2 Å². The number of nitrogens with one attached hydrogen (secondary N) is 1. The number of nitrogens with zero attached hydrogens (tertiary/aromatic N) is 1. The topological polar surface area (TPSA) is 32.3 Å². The molecule has 2 unspecified atom stereocenters. The molecule has 1 rings (SSSR count). The maximum Gasteiger partial charge on any atom is 0.241 e. The molecule has 1 saturated heterocycles. The predicted octanol–water partition coefficient (Wildman–Crippen LogP) is 3.88. The van der Waals surface area contributed by atoms with Gasteiger partial charge in [0.1, 0.15) is 0 Å². The maximum absolute atomic E-state index is 12.8. The molecule has 0 aromatic rings. The van der Waals surface area contributed by atoms with Crippen molar-refractivity contribution in [3.8, 4) is 0 Å². The molecular formula is C17H34N2OS. The molecule has 1 aliphatic heterocycles. The maximum atomic E-state index is 12.8. The first-order chi connectivity index (χ1) is 9.92. The van der Waals surface area contributed by atoms with Gasteiger partial charge in [-0.2, -0.15) is 11.8 Å². The molecule has 0 saturated carbocycles. The van der Waals surface area contributed by atoms with Crippen molar-refractivity contribution in [1.29, 1.82) is 0 Å². The Morgan fingerprint density at radius 2 is 1.90 bits per heavy atom. The van der Waals surface area contributed by atoms with Gasteiger partial charge in [0.25, 0.3) is 0 Å². The summed E-state index contributed by atoms with van der Waals surface area (Å²) < 4.78 is 0.202. The van der Waals surface area contributed by atoms with E-state index in [9.17, 15) is 4.79 Å². The molecule has 1 fully saturated rings. The average molecular weight is 315 g/mol. The van der Waals surface area contributed by atoms with Crippen molar-refractivity contribution in [2.24, 2.45) is 5.92 Å². The van der Waals surface area contributed by atoms with E-state index in [1.165, 1.54) is 0 Å². The monoisotopic (exact) mass is 314 g/mol. The number of thioether (sulfide) groups is 1. The van der Waals surface area contributed by atoms with E-state index < -0.39 is 0 Å². The van der Waals surface area contributed by atoms with E-state index in [4.69, 9.17) is 0 Å². The van der Waals surface area contributed by atoms with Crippen LogP contribution in [0.3, 0.4) is 0 Å². The first-order valence-electron chi connectivity index (χ1n) is 8.54. The van der Waals surface area contributed by atoms with Crippen molar-refractivity contribution >= 4 is 17.7 Å². The van der Waals surface area contributed by atoms with Crippen LogP contribution in [0.4, 0.5) is 0 Å². The molecule has 3 nitrogen and oxygen atoms in total. The Morgan fingerprint density at radius 3 is 2.33 bits per heavy atom. The van der Waals surface area contributed by atoms with Gasteiger partial charge in [-0.1, -0.05) is 41.0 Å². The quantitative estimate of drug-likeness (QED) is 0.701. The van der Waals surface area contributed by atoms with E-state index in [2.05, 4.69) is 51.1 Å². The van der Waals surface area contributed by atoms with Crippen LogP contribution in [0, 0.1) is 5.92 Å². The highest BCUT2D eigenvalue weighted by molar-refractivity contribution is 8.00. The minimum atomic E-state index is 0.0343. The zero-order chi connectivity index (χ0) is 16.0. The zero-order valence-electron chi connectivity index (χ0n) is 14.7. The lowest BCUT2D eigenvalue weighted by atomic mass is 10.00. The molecule has 2 atom stereocenters. The summed E-state index contributed by atoms with van der Waals surface area (Å²) in [5.41, 5.74) is 0. The third kappa shape index (κ3) is 4.62. The minimum absolute atomic E-state index is 0.0343. The number of rotatable bonds is 9. The van der Waals surface area contributed by atoms with Crippen LogP contribution in [0.1, 0.15) is 66.7 Å². The fraction of sp³-hybridized carbons (Fsp3) is 0.941. The van der Waals surface area contributed by atoms with E-state index in [-0.39, 0.29) is 17.0 Å². The normalized spacial score (nSPS) is 23.4. The van der Waals surface area contributed by atoms with Gasteiger partial charge in [-0.3, -0.25) is 10.1 Å². The van der Waals surface area contributed by atoms with Crippen molar-refractivity contribution in [2.45, 2.75) is 83.7 Å². The number of carbonyl (C=O) groups is 1. The molecule has 0 aliphatic carbocycles. The van der Waals surface area contributed by atoms with Crippen LogP contribution in [-0.4, -0.2) is 40.6 Å². The minimum Gasteiger partial charge on any atom is -0.324 e. The predicted molar refractivity (Wildman–Crippen MR) is 93.6 cm³/mol. The third-order valence-electron chi connectivity index (χ3n) is 4.80. The molecule has 0 aromatic heterocycles. The first kappa shape index (κ1) is 18.8. The molecule has 0 bridgehead atoms. The summed E-state index contributed by atoms with van der Waals surface area (Å²) >= 11 is 1.92. The zero-order valence-corrected chi connectivity index (χ0v) is 15.6. The Morgan fingerprint density at radius 1 is 1.29 bits per heavy atom. The molecule has 21 heavy (non-hydrogen) atoms. The lowest BCUT2D eigenvalue weighted by Crippen LogP contribution is -2.46. The molecule has 1 N–H and O–H groups in total. The summed E-state index contributed by atoms with van der Waals surface area (Å²) in [6.07, 6.45) is 7.68. The van der Waals surface area contributed by atoms with Crippen LogP contribution >= 0.6 is 11.8 Å². The summed E-state index contributed by atoms with van der Waals surface area (Å²) in [7, 11) is 0.